The monoisotopic (exact) mass is 435 g/mol. The maximum atomic E-state index is 12.9. The Balaban J connectivity index is 2.61. The summed E-state index contributed by atoms with van der Waals surface area (Å²) in [6, 6.07) is 2.50. The number of nitrogens with zero attached hydrogens (tertiary/aromatic N) is 5. The van der Waals surface area contributed by atoms with Gasteiger partial charge in [-0.3, -0.25) is 9.82 Å². The molecule has 160 valence electrons. The van der Waals surface area contributed by atoms with Crippen molar-refractivity contribution in [1.82, 2.24) is 15.2 Å². The summed E-state index contributed by atoms with van der Waals surface area (Å²) >= 11 is 0. The number of rotatable bonds is 8. The minimum atomic E-state index is -5.68. The van der Waals surface area contributed by atoms with Crippen LogP contribution in [0.1, 0.15) is 19.7 Å². The summed E-state index contributed by atoms with van der Waals surface area (Å²) < 4.78 is 68.7. The fraction of sp³-hybridized carbons (Fsp3) is 0.467. The Hall–Kier alpha value is -2.90. The molecule has 2 rings (SSSR count). The molecule has 0 saturated heterocycles. The highest BCUT2D eigenvalue weighted by molar-refractivity contribution is 7.93. The van der Waals surface area contributed by atoms with E-state index in [1.807, 2.05) is 13.8 Å². The van der Waals surface area contributed by atoms with Crippen molar-refractivity contribution in [2.75, 3.05) is 29.8 Å². The van der Waals surface area contributed by atoms with Crippen molar-refractivity contribution in [3.05, 3.63) is 18.0 Å². The van der Waals surface area contributed by atoms with Crippen molar-refractivity contribution in [3.8, 4) is 5.75 Å². The maximum absolute atomic E-state index is 12.9. The third kappa shape index (κ3) is 5.13. The van der Waals surface area contributed by atoms with E-state index in [1.54, 1.807) is 11.8 Å². The highest BCUT2D eigenvalue weighted by Crippen LogP contribution is 2.40. The number of aryl methyl sites for hydroxylation is 1. The molecule has 0 saturated carbocycles. The number of aromatic nitrogens is 3. The molecule has 0 unspecified atom stereocenters. The molecular weight excluding hydrogens is 415 g/mol. The fourth-order valence-electron chi connectivity index (χ4n) is 2.37. The van der Waals surface area contributed by atoms with Gasteiger partial charge < -0.3 is 9.64 Å². The summed E-state index contributed by atoms with van der Waals surface area (Å²) in [5.41, 5.74) is -5.73. The van der Waals surface area contributed by atoms with E-state index in [-0.39, 0.29) is 17.4 Å². The van der Waals surface area contributed by atoms with Gasteiger partial charge in [-0.2, -0.15) is 26.6 Å². The third-order valence-electron chi connectivity index (χ3n) is 3.78. The first-order valence-corrected chi connectivity index (χ1v) is 9.87. The van der Waals surface area contributed by atoms with Crippen molar-refractivity contribution in [2.45, 2.75) is 26.3 Å². The summed E-state index contributed by atoms with van der Waals surface area (Å²) in [6.07, 6.45) is 0. The average Bonchev–Trinajstić information content (AvgIpc) is 3.06. The van der Waals surface area contributed by atoms with Crippen molar-refractivity contribution in [2.24, 2.45) is 10.2 Å². The van der Waals surface area contributed by atoms with Gasteiger partial charge in [0.15, 0.2) is 0 Å². The number of benzene rings is 1. The van der Waals surface area contributed by atoms with Gasteiger partial charge in [0.05, 0.1) is 18.5 Å². The molecule has 10 nitrogen and oxygen atoms in total. The smallest absolute Gasteiger partial charge is 0.494 e. The number of aromatic amines is 1. The number of nitrogens with one attached hydrogen (secondary N) is 2. The number of hydrogen-bond donors (Lipinski definition) is 2. The highest BCUT2D eigenvalue weighted by atomic mass is 32.2. The van der Waals surface area contributed by atoms with Gasteiger partial charge in [-0.1, -0.05) is 0 Å². The lowest BCUT2D eigenvalue weighted by molar-refractivity contribution is -0.0429. The van der Waals surface area contributed by atoms with Crippen LogP contribution in [0, 0.1) is 6.92 Å². The van der Waals surface area contributed by atoms with E-state index >= 15 is 0 Å². The first kappa shape index (κ1) is 22.4. The molecule has 0 aliphatic heterocycles. The molecule has 29 heavy (non-hydrogen) atoms. The minimum Gasteiger partial charge on any atom is -0.494 e. The van der Waals surface area contributed by atoms with Gasteiger partial charge >= 0.3 is 15.5 Å². The fourth-order valence-corrected chi connectivity index (χ4v) is 2.94. The van der Waals surface area contributed by atoms with Gasteiger partial charge in [0, 0.05) is 19.2 Å². The van der Waals surface area contributed by atoms with Crippen molar-refractivity contribution < 1.29 is 26.3 Å². The van der Waals surface area contributed by atoms with Gasteiger partial charge in [-0.25, -0.2) is 0 Å². The molecule has 0 spiro atoms. The molecule has 0 fully saturated rings. The summed E-state index contributed by atoms with van der Waals surface area (Å²) in [7, 11) is -4.30. The Morgan fingerprint density at radius 1 is 1.24 bits per heavy atom. The zero-order chi connectivity index (χ0) is 21.8. The third-order valence-corrected chi connectivity index (χ3v) is 4.88. The zero-order valence-corrected chi connectivity index (χ0v) is 16.9. The van der Waals surface area contributed by atoms with Gasteiger partial charge in [-0.15, -0.1) is 15.3 Å². The largest absolute Gasteiger partial charge is 0.516 e. The van der Waals surface area contributed by atoms with E-state index in [2.05, 4.69) is 25.4 Å². The second kappa shape index (κ2) is 8.63. The second-order valence-corrected chi connectivity index (χ2v) is 7.36. The Kier molecular flexibility index (Phi) is 6.66. The summed E-state index contributed by atoms with van der Waals surface area (Å²) in [4.78, 5) is 5.68. The lowest BCUT2D eigenvalue weighted by atomic mass is 10.2. The van der Waals surface area contributed by atoms with Crippen LogP contribution in [-0.2, 0) is 10.0 Å². The van der Waals surface area contributed by atoms with E-state index in [1.165, 1.54) is 24.0 Å². The van der Waals surface area contributed by atoms with Crippen molar-refractivity contribution >= 4 is 33.0 Å². The molecule has 2 aromatic rings. The van der Waals surface area contributed by atoms with Crippen molar-refractivity contribution in [1.29, 1.82) is 0 Å². The molecule has 0 aliphatic carbocycles. The topological polar surface area (TPSA) is 125 Å². The van der Waals surface area contributed by atoms with Crippen molar-refractivity contribution in [3.63, 3.8) is 0 Å². The number of azo groups is 1. The Morgan fingerprint density at radius 3 is 2.38 bits per heavy atom. The van der Waals surface area contributed by atoms with Crippen LogP contribution in [0.5, 0.6) is 5.75 Å². The van der Waals surface area contributed by atoms with Crippen LogP contribution in [-0.4, -0.2) is 49.3 Å². The SMILES string of the molecule is CCN(CC)c1cc(NS(=O)(=O)C(F)(F)F)c(N=Nc2n[nH]c(C)n2)cc1OC. The molecule has 1 aromatic carbocycles. The molecule has 0 atom stereocenters. The standard InChI is InChI=1S/C15H20F3N7O3S/c1-5-25(6-2)12-7-11(24-29(26,27)15(16,17)18)10(8-13(12)28-4)21-23-14-19-9(3)20-22-14/h7-8,24H,5-6H2,1-4H3,(H,19,20,22). The Bertz CT molecular complexity index is 986. The number of sulfonamides is 1. The second-order valence-electron chi connectivity index (χ2n) is 5.69. The molecule has 1 heterocycles. The summed E-state index contributed by atoms with van der Waals surface area (Å²) in [6.45, 7) is 6.31. The molecular formula is C15H20F3N7O3S. The van der Waals surface area contributed by atoms with E-state index in [4.69, 9.17) is 4.74 Å². The van der Waals surface area contributed by atoms with E-state index in [9.17, 15) is 21.6 Å². The quantitative estimate of drug-likeness (QED) is 0.610. The Morgan fingerprint density at radius 2 is 1.90 bits per heavy atom. The van der Waals surface area contributed by atoms with Crippen LogP contribution in [0.2, 0.25) is 0 Å². The van der Waals surface area contributed by atoms with Crippen LogP contribution in [0.25, 0.3) is 0 Å². The number of hydrogen-bond acceptors (Lipinski definition) is 8. The number of H-pyrrole nitrogens is 1. The predicted octanol–water partition coefficient (Wildman–Crippen LogP) is 3.64. The first-order chi connectivity index (χ1) is 13.5. The number of alkyl halides is 3. The van der Waals surface area contributed by atoms with Crippen LogP contribution < -0.4 is 14.4 Å². The average molecular weight is 435 g/mol. The predicted molar refractivity (Wildman–Crippen MR) is 100 cm³/mol. The summed E-state index contributed by atoms with van der Waals surface area (Å²) in [5.74, 6) is 0.661. The zero-order valence-electron chi connectivity index (χ0n) is 16.1. The summed E-state index contributed by atoms with van der Waals surface area (Å²) in [5, 5.41) is 13.8. The van der Waals surface area contributed by atoms with E-state index < -0.39 is 21.2 Å². The van der Waals surface area contributed by atoms with Crippen LogP contribution in [0.3, 0.4) is 0 Å². The number of methoxy groups -OCH3 is 1. The van der Waals surface area contributed by atoms with Crippen LogP contribution >= 0.6 is 0 Å². The van der Waals surface area contributed by atoms with Gasteiger partial charge in [-0.05, 0) is 26.8 Å². The first-order valence-electron chi connectivity index (χ1n) is 8.39. The molecule has 0 bridgehead atoms. The molecule has 14 heteroatoms. The van der Waals surface area contributed by atoms with Crippen LogP contribution in [0.4, 0.5) is 36.2 Å². The lowest BCUT2D eigenvalue weighted by Gasteiger charge is -2.25. The van der Waals surface area contributed by atoms with Crippen LogP contribution in [0.15, 0.2) is 22.4 Å². The number of anilines is 2. The van der Waals surface area contributed by atoms with E-state index in [0.717, 1.165) is 0 Å². The van der Waals surface area contributed by atoms with Gasteiger partial charge in [0.25, 0.3) is 5.95 Å². The molecule has 0 amide bonds. The van der Waals surface area contributed by atoms with Gasteiger partial charge in [0.1, 0.15) is 17.3 Å². The minimum absolute atomic E-state index is 0.0704. The highest BCUT2D eigenvalue weighted by Gasteiger charge is 2.46. The number of ether oxygens (including phenoxy) is 1. The molecule has 2 N–H and O–H groups in total. The normalized spacial score (nSPS) is 12.4. The molecule has 0 aliphatic rings. The Labute approximate surface area is 165 Å². The molecule has 1 aromatic heterocycles. The van der Waals surface area contributed by atoms with E-state index in [0.29, 0.717) is 24.6 Å². The van der Waals surface area contributed by atoms with Gasteiger partial charge in [0.2, 0.25) is 0 Å². The maximum Gasteiger partial charge on any atom is 0.516 e. The lowest BCUT2D eigenvalue weighted by Crippen LogP contribution is -2.30. The molecule has 0 radical (unpaired) electrons. The number of halogens is 3.